The normalized spacial score (nSPS) is 23.2. The first kappa shape index (κ1) is 17.4. The summed E-state index contributed by atoms with van der Waals surface area (Å²) in [7, 11) is 0. The van der Waals surface area contributed by atoms with E-state index in [0.29, 0.717) is 11.8 Å². The molecule has 1 heterocycles. The monoisotopic (exact) mass is 340 g/mol. The molecule has 0 saturated heterocycles. The first-order valence-corrected chi connectivity index (χ1v) is 8.87. The van der Waals surface area contributed by atoms with Gasteiger partial charge in [-0.05, 0) is 30.4 Å². The molecule has 3 rings (SSSR count). The van der Waals surface area contributed by atoms with Crippen molar-refractivity contribution in [1.29, 1.82) is 0 Å². The lowest BCUT2D eigenvalue weighted by Gasteiger charge is -2.34. The molecule has 0 spiro atoms. The second kappa shape index (κ2) is 7.64. The predicted molar refractivity (Wildman–Crippen MR) is 96.1 cm³/mol. The Kier molecular flexibility index (Phi) is 5.31. The number of para-hydroxylation sites is 1. The first-order chi connectivity index (χ1) is 12.0. The number of nitrogens with zero attached hydrogens (tertiary/aromatic N) is 1. The van der Waals surface area contributed by atoms with Gasteiger partial charge in [0.05, 0.1) is 5.52 Å². The fraction of sp³-hybridized carbons (Fsp3) is 0.450. The van der Waals surface area contributed by atoms with Crippen LogP contribution in [0.4, 0.5) is 0 Å². The summed E-state index contributed by atoms with van der Waals surface area (Å²) >= 11 is 0. The maximum atomic E-state index is 12.1. The Bertz CT molecular complexity index is 774. The number of nitrogens with one attached hydrogen (secondary N) is 1. The van der Waals surface area contributed by atoms with Crippen molar-refractivity contribution in [1.82, 2.24) is 10.3 Å². The van der Waals surface area contributed by atoms with Crippen LogP contribution in [0.2, 0.25) is 0 Å². The summed E-state index contributed by atoms with van der Waals surface area (Å²) in [5.74, 6) is 0.213. The number of aromatic nitrogens is 1. The Morgan fingerprint density at radius 1 is 1.16 bits per heavy atom. The molecular formula is C20H24N2O3. The summed E-state index contributed by atoms with van der Waals surface area (Å²) < 4.78 is 5.13. The highest BCUT2D eigenvalue weighted by atomic mass is 16.5. The van der Waals surface area contributed by atoms with Crippen LogP contribution in [-0.2, 0) is 9.53 Å². The third-order valence-corrected chi connectivity index (χ3v) is 5.20. The van der Waals surface area contributed by atoms with Crippen molar-refractivity contribution < 1.29 is 14.3 Å². The van der Waals surface area contributed by atoms with Gasteiger partial charge in [0.2, 0.25) is 0 Å². The highest BCUT2D eigenvalue weighted by Crippen LogP contribution is 2.29. The van der Waals surface area contributed by atoms with Crippen molar-refractivity contribution in [2.45, 2.75) is 39.2 Å². The van der Waals surface area contributed by atoms with Gasteiger partial charge in [0.15, 0.2) is 6.61 Å². The third-order valence-electron chi connectivity index (χ3n) is 5.20. The number of amides is 1. The molecule has 1 fully saturated rings. The third kappa shape index (κ3) is 4.16. The van der Waals surface area contributed by atoms with E-state index in [4.69, 9.17) is 4.74 Å². The molecule has 1 aliphatic carbocycles. The Hall–Kier alpha value is -2.43. The minimum Gasteiger partial charge on any atom is -0.451 e. The van der Waals surface area contributed by atoms with Gasteiger partial charge in [0, 0.05) is 11.4 Å². The maximum Gasteiger partial charge on any atom is 0.357 e. The van der Waals surface area contributed by atoms with E-state index in [1.165, 1.54) is 6.42 Å². The molecule has 3 atom stereocenters. The van der Waals surface area contributed by atoms with Gasteiger partial charge >= 0.3 is 5.97 Å². The molecule has 1 N–H and O–H groups in total. The van der Waals surface area contributed by atoms with Gasteiger partial charge in [-0.2, -0.15) is 0 Å². The molecule has 0 unspecified atom stereocenters. The smallest absolute Gasteiger partial charge is 0.357 e. The van der Waals surface area contributed by atoms with Gasteiger partial charge in [-0.25, -0.2) is 9.78 Å². The van der Waals surface area contributed by atoms with E-state index < -0.39 is 5.97 Å². The summed E-state index contributed by atoms with van der Waals surface area (Å²) in [5.41, 5.74) is 0.942. The molecule has 1 amide bonds. The highest BCUT2D eigenvalue weighted by molar-refractivity contribution is 5.92. The van der Waals surface area contributed by atoms with Crippen LogP contribution < -0.4 is 5.32 Å². The van der Waals surface area contributed by atoms with Crippen LogP contribution in [0.15, 0.2) is 36.4 Å². The summed E-state index contributed by atoms with van der Waals surface area (Å²) in [4.78, 5) is 28.5. The largest absolute Gasteiger partial charge is 0.451 e. The van der Waals surface area contributed by atoms with Gasteiger partial charge in [-0.3, -0.25) is 4.79 Å². The van der Waals surface area contributed by atoms with E-state index in [9.17, 15) is 9.59 Å². The van der Waals surface area contributed by atoms with Crippen LogP contribution in [0.25, 0.3) is 10.9 Å². The average molecular weight is 340 g/mol. The number of carbonyl (C=O) groups is 2. The van der Waals surface area contributed by atoms with E-state index in [1.54, 1.807) is 6.07 Å². The van der Waals surface area contributed by atoms with Crippen LogP contribution in [-0.4, -0.2) is 29.5 Å². The predicted octanol–water partition coefficient (Wildman–Crippen LogP) is 3.33. The van der Waals surface area contributed by atoms with Crippen molar-refractivity contribution >= 4 is 22.8 Å². The van der Waals surface area contributed by atoms with Crippen LogP contribution in [0, 0.1) is 11.8 Å². The zero-order chi connectivity index (χ0) is 17.8. The van der Waals surface area contributed by atoms with Crippen LogP contribution in [0.3, 0.4) is 0 Å². The molecular weight excluding hydrogens is 316 g/mol. The van der Waals surface area contributed by atoms with Gasteiger partial charge < -0.3 is 10.1 Å². The molecule has 5 nitrogen and oxygen atoms in total. The van der Waals surface area contributed by atoms with E-state index in [2.05, 4.69) is 24.1 Å². The van der Waals surface area contributed by atoms with Crippen molar-refractivity contribution in [3.8, 4) is 0 Å². The Morgan fingerprint density at radius 2 is 1.96 bits per heavy atom. The molecule has 0 aliphatic heterocycles. The molecule has 1 saturated carbocycles. The van der Waals surface area contributed by atoms with Gasteiger partial charge in [0.25, 0.3) is 5.91 Å². The van der Waals surface area contributed by atoms with Gasteiger partial charge in [0.1, 0.15) is 5.69 Å². The van der Waals surface area contributed by atoms with Crippen molar-refractivity contribution in [3.05, 3.63) is 42.1 Å². The van der Waals surface area contributed by atoms with Gasteiger partial charge in [-0.1, -0.05) is 51.0 Å². The molecule has 1 aliphatic rings. The lowest BCUT2D eigenvalue weighted by molar-refractivity contribution is -0.125. The Balaban J connectivity index is 1.55. The molecule has 25 heavy (non-hydrogen) atoms. The summed E-state index contributed by atoms with van der Waals surface area (Å²) in [5, 5.41) is 3.95. The number of fused-ring (bicyclic) bond motifs is 1. The number of ether oxygens (including phenoxy) is 1. The second-order valence-corrected chi connectivity index (χ2v) is 6.91. The number of pyridine rings is 1. The quantitative estimate of drug-likeness (QED) is 0.867. The second-order valence-electron chi connectivity index (χ2n) is 6.91. The SMILES string of the molecule is C[C@H]1[C@@H](NC(=O)COC(=O)c2ccc3ccccc3n2)CCC[C@@H]1C. The first-order valence-electron chi connectivity index (χ1n) is 8.87. The summed E-state index contributed by atoms with van der Waals surface area (Å²) in [6, 6.07) is 11.1. The Morgan fingerprint density at radius 3 is 2.80 bits per heavy atom. The van der Waals surface area contributed by atoms with Crippen molar-refractivity contribution in [2.75, 3.05) is 6.61 Å². The molecule has 1 aromatic carbocycles. The molecule has 132 valence electrons. The molecule has 1 aromatic heterocycles. The Labute approximate surface area is 147 Å². The lowest BCUT2D eigenvalue weighted by Crippen LogP contribution is -2.45. The molecule has 0 radical (unpaired) electrons. The zero-order valence-corrected chi connectivity index (χ0v) is 14.7. The van der Waals surface area contributed by atoms with E-state index in [-0.39, 0.29) is 24.2 Å². The number of rotatable bonds is 4. The molecule has 2 aromatic rings. The minimum absolute atomic E-state index is 0.161. The van der Waals surface area contributed by atoms with Crippen LogP contribution in [0.1, 0.15) is 43.6 Å². The topological polar surface area (TPSA) is 68.3 Å². The van der Waals surface area contributed by atoms with E-state index >= 15 is 0 Å². The van der Waals surface area contributed by atoms with Crippen LogP contribution >= 0.6 is 0 Å². The summed E-state index contributed by atoms with van der Waals surface area (Å²) in [6.45, 7) is 4.11. The zero-order valence-electron chi connectivity index (χ0n) is 14.7. The highest BCUT2D eigenvalue weighted by Gasteiger charge is 2.28. The molecule has 0 bridgehead atoms. The summed E-state index contributed by atoms with van der Waals surface area (Å²) in [6.07, 6.45) is 3.31. The number of hydrogen-bond donors (Lipinski definition) is 1. The van der Waals surface area contributed by atoms with Crippen molar-refractivity contribution in [3.63, 3.8) is 0 Å². The molecule has 5 heteroatoms. The number of carbonyl (C=O) groups excluding carboxylic acids is 2. The minimum atomic E-state index is -0.578. The van der Waals surface area contributed by atoms with E-state index in [1.807, 2.05) is 30.3 Å². The fourth-order valence-electron chi connectivity index (χ4n) is 3.42. The maximum absolute atomic E-state index is 12.1. The fourth-order valence-corrected chi connectivity index (χ4v) is 3.42. The number of benzene rings is 1. The average Bonchev–Trinajstić information content (AvgIpc) is 2.63. The van der Waals surface area contributed by atoms with Crippen LogP contribution in [0.5, 0.6) is 0 Å². The standard InChI is InChI=1S/C20H24N2O3/c1-13-6-5-9-16(14(13)2)22-19(23)12-25-20(24)18-11-10-15-7-3-4-8-17(15)21-18/h3-4,7-8,10-11,13-14,16H,5-6,9,12H2,1-2H3,(H,22,23)/t13-,14+,16-/m0/s1. The van der Waals surface area contributed by atoms with Crippen molar-refractivity contribution in [2.24, 2.45) is 11.8 Å². The van der Waals surface area contributed by atoms with E-state index in [0.717, 1.165) is 23.7 Å². The van der Waals surface area contributed by atoms with Gasteiger partial charge in [-0.15, -0.1) is 0 Å². The lowest BCUT2D eigenvalue weighted by atomic mass is 9.78. The number of esters is 1. The number of hydrogen-bond acceptors (Lipinski definition) is 4.